The Balaban J connectivity index is 1.84. The maximum Gasteiger partial charge on any atom is 0.185 e. The molecule has 0 atom stereocenters. The molecule has 1 aliphatic carbocycles. The SMILES string of the molecule is Cc1nc2c(c3nc(-c4ccccc4F)nn13)-c1ccccc1CC2. The highest BCUT2D eigenvalue weighted by atomic mass is 19.1. The zero-order valence-electron chi connectivity index (χ0n) is 13.7. The van der Waals surface area contributed by atoms with Gasteiger partial charge in [0.1, 0.15) is 11.6 Å². The summed E-state index contributed by atoms with van der Waals surface area (Å²) in [6.45, 7) is 1.91. The van der Waals surface area contributed by atoms with Gasteiger partial charge in [0.15, 0.2) is 11.5 Å². The Bertz CT molecular complexity index is 1130. The molecule has 5 rings (SSSR count). The van der Waals surface area contributed by atoms with Gasteiger partial charge in [0.25, 0.3) is 0 Å². The van der Waals surface area contributed by atoms with E-state index in [0.717, 1.165) is 41.1 Å². The first kappa shape index (κ1) is 14.3. The van der Waals surface area contributed by atoms with E-state index in [1.54, 1.807) is 22.7 Å². The highest BCUT2D eigenvalue weighted by Crippen LogP contribution is 2.36. The van der Waals surface area contributed by atoms with Gasteiger partial charge in [-0.3, -0.25) is 0 Å². The largest absolute Gasteiger partial charge is 0.237 e. The smallest absolute Gasteiger partial charge is 0.185 e. The number of benzene rings is 2. The van der Waals surface area contributed by atoms with Gasteiger partial charge in [-0.2, -0.15) is 4.52 Å². The van der Waals surface area contributed by atoms with Gasteiger partial charge < -0.3 is 0 Å². The maximum absolute atomic E-state index is 14.2. The van der Waals surface area contributed by atoms with Crippen LogP contribution in [-0.2, 0) is 12.8 Å². The fourth-order valence-corrected chi connectivity index (χ4v) is 3.58. The Labute approximate surface area is 144 Å². The predicted molar refractivity (Wildman–Crippen MR) is 93.8 cm³/mol. The van der Waals surface area contributed by atoms with Crippen molar-refractivity contribution in [3.63, 3.8) is 0 Å². The molecule has 0 saturated heterocycles. The van der Waals surface area contributed by atoms with Crippen LogP contribution in [0.2, 0.25) is 0 Å². The second-order valence-corrected chi connectivity index (χ2v) is 6.29. The summed E-state index contributed by atoms with van der Waals surface area (Å²) in [7, 11) is 0. The van der Waals surface area contributed by atoms with Crippen LogP contribution in [-0.4, -0.2) is 19.6 Å². The molecule has 2 aromatic carbocycles. The number of fused-ring (bicyclic) bond motifs is 5. The summed E-state index contributed by atoms with van der Waals surface area (Å²) in [6, 6.07) is 14.9. The van der Waals surface area contributed by atoms with E-state index in [1.165, 1.54) is 11.6 Å². The van der Waals surface area contributed by atoms with Crippen LogP contribution in [0.15, 0.2) is 48.5 Å². The second-order valence-electron chi connectivity index (χ2n) is 6.29. The summed E-state index contributed by atoms with van der Waals surface area (Å²) in [6.07, 6.45) is 1.85. The minimum absolute atomic E-state index is 0.321. The summed E-state index contributed by atoms with van der Waals surface area (Å²) < 4.78 is 15.9. The van der Waals surface area contributed by atoms with E-state index in [9.17, 15) is 4.39 Å². The summed E-state index contributed by atoms with van der Waals surface area (Å²) >= 11 is 0. The molecule has 4 nitrogen and oxygen atoms in total. The van der Waals surface area contributed by atoms with Gasteiger partial charge in [-0.15, -0.1) is 5.10 Å². The normalized spacial score (nSPS) is 12.9. The van der Waals surface area contributed by atoms with Gasteiger partial charge in [0.05, 0.1) is 11.3 Å². The molecule has 122 valence electrons. The van der Waals surface area contributed by atoms with Crippen molar-refractivity contribution < 1.29 is 4.39 Å². The third-order valence-electron chi connectivity index (χ3n) is 4.76. The van der Waals surface area contributed by atoms with Crippen molar-refractivity contribution in [3.8, 4) is 22.5 Å². The monoisotopic (exact) mass is 330 g/mol. The number of hydrogen-bond acceptors (Lipinski definition) is 3. The van der Waals surface area contributed by atoms with Crippen LogP contribution >= 0.6 is 0 Å². The molecule has 25 heavy (non-hydrogen) atoms. The van der Waals surface area contributed by atoms with Gasteiger partial charge >= 0.3 is 0 Å². The molecule has 2 aromatic heterocycles. The number of hydrogen-bond donors (Lipinski definition) is 0. The topological polar surface area (TPSA) is 43.1 Å². The minimum Gasteiger partial charge on any atom is -0.237 e. The zero-order chi connectivity index (χ0) is 17.0. The van der Waals surface area contributed by atoms with E-state index in [-0.39, 0.29) is 5.82 Å². The molecule has 0 unspecified atom stereocenters. The maximum atomic E-state index is 14.2. The molecule has 0 radical (unpaired) electrons. The summed E-state index contributed by atoms with van der Waals surface area (Å²) in [5.74, 6) is 0.834. The third-order valence-corrected chi connectivity index (χ3v) is 4.76. The van der Waals surface area contributed by atoms with Crippen molar-refractivity contribution in [2.75, 3.05) is 0 Å². The molecule has 0 spiro atoms. The summed E-state index contributed by atoms with van der Waals surface area (Å²) in [4.78, 5) is 9.43. The molecule has 0 aliphatic heterocycles. The molecule has 0 saturated carbocycles. The number of rotatable bonds is 1. The average Bonchev–Trinajstić information content (AvgIpc) is 3.07. The minimum atomic E-state index is -0.321. The lowest BCUT2D eigenvalue weighted by Crippen LogP contribution is -2.11. The fraction of sp³-hybridized carbons (Fsp3) is 0.150. The second kappa shape index (κ2) is 5.21. The first-order valence-electron chi connectivity index (χ1n) is 8.32. The van der Waals surface area contributed by atoms with E-state index in [0.29, 0.717) is 11.4 Å². The first-order chi connectivity index (χ1) is 12.2. The van der Waals surface area contributed by atoms with E-state index in [2.05, 4.69) is 28.3 Å². The van der Waals surface area contributed by atoms with Crippen molar-refractivity contribution in [3.05, 3.63) is 71.4 Å². The molecule has 2 heterocycles. The predicted octanol–water partition coefficient (Wildman–Crippen LogP) is 4.00. The lowest BCUT2D eigenvalue weighted by Gasteiger charge is -2.19. The molecule has 0 bridgehead atoms. The van der Waals surface area contributed by atoms with E-state index in [1.807, 2.05) is 13.0 Å². The highest BCUT2D eigenvalue weighted by molar-refractivity contribution is 5.84. The highest BCUT2D eigenvalue weighted by Gasteiger charge is 2.24. The number of aryl methyl sites for hydroxylation is 3. The Hall–Kier alpha value is -3.08. The molecule has 4 aromatic rings. The van der Waals surface area contributed by atoms with Crippen LogP contribution in [0.3, 0.4) is 0 Å². The molecule has 1 aliphatic rings. The van der Waals surface area contributed by atoms with Gasteiger partial charge in [-0.1, -0.05) is 36.4 Å². The van der Waals surface area contributed by atoms with Crippen LogP contribution in [0.4, 0.5) is 4.39 Å². The molecule has 0 N–H and O–H groups in total. The van der Waals surface area contributed by atoms with Crippen molar-refractivity contribution >= 4 is 5.65 Å². The van der Waals surface area contributed by atoms with Crippen molar-refractivity contribution in [2.24, 2.45) is 0 Å². The lowest BCUT2D eigenvalue weighted by atomic mass is 9.89. The van der Waals surface area contributed by atoms with Crippen molar-refractivity contribution in [1.29, 1.82) is 0 Å². The molecule has 5 heteroatoms. The van der Waals surface area contributed by atoms with Crippen LogP contribution in [0, 0.1) is 12.7 Å². The molecular weight excluding hydrogens is 315 g/mol. The summed E-state index contributed by atoms with van der Waals surface area (Å²) in [5.41, 5.74) is 5.64. The standard InChI is InChI=1S/C20H15FN4/c1-12-22-17-11-10-13-6-2-3-7-14(13)18(17)20-23-19(24-25(12)20)15-8-4-5-9-16(15)21/h2-9H,10-11H2,1H3. The Morgan fingerprint density at radius 3 is 2.52 bits per heavy atom. The zero-order valence-corrected chi connectivity index (χ0v) is 13.7. The van der Waals surface area contributed by atoms with Crippen molar-refractivity contribution in [2.45, 2.75) is 19.8 Å². The van der Waals surface area contributed by atoms with E-state index < -0.39 is 0 Å². The number of halogens is 1. The quantitative estimate of drug-likeness (QED) is 0.530. The third kappa shape index (κ3) is 2.09. The Morgan fingerprint density at radius 2 is 1.68 bits per heavy atom. The van der Waals surface area contributed by atoms with Crippen LogP contribution in [0.25, 0.3) is 28.2 Å². The van der Waals surface area contributed by atoms with Crippen LogP contribution < -0.4 is 0 Å². The van der Waals surface area contributed by atoms with Gasteiger partial charge in [0.2, 0.25) is 0 Å². The summed E-state index contributed by atoms with van der Waals surface area (Å²) in [5, 5.41) is 4.53. The average molecular weight is 330 g/mol. The Kier molecular flexibility index (Phi) is 2.98. The van der Waals surface area contributed by atoms with E-state index >= 15 is 0 Å². The Morgan fingerprint density at radius 1 is 0.920 bits per heavy atom. The first-order valence-corrected chi connectivity index (χ1v) is 8.32. The fourth-order valence-electron chi connectivity index (χ4n) is 3.58. The van der Waals surface area contributed by atoms with Gasteiger partial charge in [-0.25, -0.2) is 14.4 Å². The van der Waals surface area contributed by atoms with Gasteiger partial charge in [-0.05, 0) is 43.0 Å². The molecular formula is C20H15FN4. The molecule has 0 amide bonds. The van der Waals surface area contributed by atoms with Crippen LogP contribution in [0.5, 0.6) is 0 Å². The van der Waals surface area contributed by atoms with Gasteiger partial charge in [0, 0.05) is 5.56 Å². The van der Waals surface area contributed by atoms with E-state index in [4.69, 9.17) is 4.98 Å². The lowest BCUT2D eigenvalue weighted by molar-refractivity contribution is 0.630. The molecule has 0 fully saturated rings. The number of nitrogens with zero attached hydrogens (tertiary/aromatic N) is 4. The van der Waals surface area contributed by atoms with Crippen LogP contribution in [0.1, 0.15) is 17.1 Å². The number of aromatic nitrogens is 4. The van der Waals surface area contributed by atoms with Crippen molar-refractivity contribution in [1.82, 2.24) is 19.6 Å².